The van der Waals surface area contributed by atoms with Gasteiger partial charge in [-0.1, -0.05) is 19.3 Å². The Labute approximate surface area is 169 Å². The first-order valence-corrected chi connectivity index (χ1v) is 10.7. The predicted molar refractivity (Wildman–Crippen MR) is 115 cm³/mol. The maximum Gasteiger partial charge on any atom is 0.225 e. The second-order valence-electron chi connectivity index (χ2n) is 8.18. The van der Waals surface area contributed by atoms with Crippen LogP contribution in [0.4, 0.5) is 5.95 Å². The molecule has 0 bridgehead atoms. The number of rotatable bonds is 7. The monoisotopic (exact) mass is 384 g/mol. The van der Waals surface area contributed by atoms with E-state index in [1.807, 2.05) is 6.20 Å². The molecule has 1 atom stereocenters. The van der Waals surface area contributed by atoms with Crippen molar-refractivity contribution in [3.8, 4) is 0 Å². The van der Waals surface area contributed by atoms with Gasteiger partial charge in [-0.3, -0.25) is 4.68 Å². The molecule has 1 aliphatic rings. The van der Waals surface area contributed by atoms with E-state index < -0.39 is 0 Å². The molecule has 1 saturated carbocycles. The van der Waals surface area contributed by atoms with Crippen LogP contribution in [0.15, 0.2) is 6.20 Å². The molecule has 0 radical (unpaired) electrons. The van der Waals surface area contributed by atoms with E-state index in [2.05, 4.69) is 61.7 Å². The molecule has 6 heteroatoms. The summed E-state index contributed by atoms with van der Waals surface area (Å²) in [5.41, 5.74) is 5.87. The molecule has 28 heavy (non-hydrogen) atoms. The van der Waals surface area contributed by atoms with E-state index in [0.717, 1.165) is 30.4 Å². The molecular formula is C22H36N6. The van der Waals surface area contributed by atoms with Gasteiger partial charge in [-0.25, -0.2) is 9.97 Å². The number of nitrogens with zero attached hydrogens (tertiary/aromatic N) is 5. The molecule has 2 heterocycles. The highest BCUT2D eigenvalue weighted by molar-refractivity contribution is 5.34. The van der Waals surface area contributed by atoms with Gasteiger partial charge in [0.2, 0.25) is 5.95 Å². The van der Waals surface area contributed by atoms with E-state index in [0.29, 0.717) is 6.04 Å². The van der Waals surface area contributed by atoms with Crippen LogP contribution < -0.4 is 10.2 Å². The SMILES string of the molecule is CCn1nc(C)c(CN[C@H](C)c2cnc(N(C)C3CCCCC3)nc2C)c1C. The Morgan fingerprint density at radius 3 is 2.50 bits per heavy atom. The van der Waals surface area contributed by atoms with Gasteiger partial charge >= 0.3 is 0 Å². The van der Waals surface area contributed by atoms with Crippen LogP contribution in [0.1, 0.15) is 80.2 Å². The van der Waals surface area contributed by atoms with Gasteiger partial charge in [0.05, 0.1) is 5.69 Å². The fourth-order valence-electron chi connectivity index (χ4n) is 4.35. The number of anilines is 1. The third-order valence-electron chi connectivity index (χ3n) is 6.32. The summed E-state index contributed by atoms with van der Waals surface area (Å²) < 4.78 is 2.07. The minimum atomic E-state index is 0.192. The fourth-order valence-corrected chi connectivity index (χ4v) is 4.35. The first-order valence-electron chi connectivity index (χ1n) is 10.7. The van der Waals surface area contributed by atoms with Crippen LogP contribution in [0, 0.1) is 20.8 Å². The van der Waals surface area contributed by atoms with Crippen molar-refractivity contribution >= 4 is 5.95 Å². The van der Waals surface area contributed by atoms with Crippen molar-refractivity contribution in [2.45, 2.75) is 91.9 Å². The topological polar surface area (TPSA) is 58.9 Å². The van der Waals surface area contributed by atoms with Crippen LogP contribution in [0.25, 0.3) is 0 Å². The molecule has 1 N–H and O–H groups in total. The zero-order valence-electron chi connectivity index (χ0n) is 18.4. The highest BCUT2D eigenvalue weighted by Crippen LogP contribution is 2.25. The van der Waals surface area contributed by atoms with Crippen LogP contribution in [0.5, 0.6) is 0 Å². The smallest absolute Gasteiger partial charge is 0.225 e. The Hall–Kier alpha value is -1.95. The Bertz CT molecular complexity index is 791. The summed E-state index contributed by atoms with van der Waals surface area (Å²) in [6.07, 6.45) is 8.51. The van der Waals surface area contributed by atoms with Gasteiger partial charge in [-0.15, -0.1) is 0 Å². The molecule has 2 aromatic rings. The number of nitrogens with one attached hydrogen (secondary N) is 1. The van der Waals surface area contributed by atoms with E-state index in [9.17, 15) is 0 Å². The quantitative estimate of drug-likeness (QED) is 0.774. The average molecular weight is 385 g/mol. The molecule has 1 aliphatic carbocycles. The van der Waals surface area contributed by atoms with E-state index >= 15 is 0 Å². The van der Waals surface area contributed by atoms with Crippen molar-refractivity contribution in [2.75, 3.05) is 11.9 Å². The van der Waals surface area contributed by atoms with E-state index in [-0.39, 0.29) is 6.04 Å². The largest absolute Gasteiger partial charge is 0.341 e. The Morgan fingerprint density at radius 2 is 1.89 bits per heavy atom. The van der Waals surface area contributed by atoms with Gasteiger partial charge in [0.25, 0.3) is 0 Å². The second kappa shape index (κ2) is 9.03. The van der Waals surface area contributed by atoms with E-state index in [4.69, 9.17) is 9.97 Å². The summed E-state index contributed by atoms with van der Waals surface area (Å²) in [6, 6.07) is 0.772. The summed E-state index contributed by atoms with van der Waals surface area (Å²) >= 11 is 0. The van der Waals surface area contributed by atoms with Crippen LogP contribution in [-0.2, 0) is 13.1 Å². The molecule has 2 aromatic heterocycles. The molecule has 0 aromatic carbocycles. The highest BCUT2D eigenvalue weighted by Gasteiger charge is 2.21. The van der Waals surface area contributed by atoms with Crippen molar-refractivity contribution < 1.29 is 0 Å². The lowest BCUT2D eigenvalue weighted by Crippen LogP contribution is -2.34. The zero-order chi connectivity index (χ0) is 20.3. The third-order valence-corrected chi connectivity index (χ3v) is 6.32. The zero-order valence-corrected chi connectivity index (χ0v) is 18.4. The Balaban J connectivity index is 1.67. The minimum absolute atomic E-state index is 0.192. The van der Waals surface area contributed by atoms with Crippen LogP contribution in [-0.4, -0.2) is 32.8 Å². The number of aryl methyl sites for hydroxylation is 3. The van der Waals surface area contributed by atoms with Crippen molar-refractivity contribution in [2.24, 2.45) is 0 Å². The van der Waals surface area contributed by atoms with Gasteiger partial charge in [0.15, 0.2) is 0 Å². The van der Waals surface area contributed by atoms with E-state index in [1.165, 1.54) is 48.9 Å². The van der Waals surface area contributed by atoms with Crippen molar-refractivity contribution in [1.29, 1.82) is 0 Å². The van der Waals surface area contributed by atoms with E-state index in [1.54, 1.807) is 0 Å². The first kappa shape index (κ1) is 20.8. The van der Waals surface area contributed by atoms with Crippen molar-refractivity contribution in [1.82, 2.24) is 25.1 Å². The fraction of sp³-hybridized carbons (Fsp3) is 0.682. The maximum absolute atomic E-state index is 4.84. The predicted octanol–water partition coefficient (Wildman–Crippen LogP) is 4.24. The minimum Gasteiger partial charge on any atom is -0.341 e. The lowest BCUT2D eigenvalue weighted by atomic mass is 9.95. The lowest BCUT2D eigenvalue weighted by Gasteiger charge is -2.31. The molecule has 0 aliphatic heterocycles. The lowest BCUT2D eigenvalue weighted by molar-refractivity contribution is 0.423. The molecule has 0 saturated heterocycles. The van der Waals surface area contributed by atoms with Crippen LogP contribution >= 0.6 is 0 Å². The number of hydrogen-bond donors (Lipinski definition) is 1. The molecule has 0 spiro atoms. The Morgan fingerprint density at radius 1 is 1.18 bits per heavy atom. The maximum atomic E-state index is 4.84. The molecule has 1 fully saturated rings. The van der Waals surface area contributed by atoms with Gasteiger partial charge < -0.3 is 10.2 Å². The van der Waals surface area contributed by atoms with Gasteiger partial charge in [0.1, 0.15) is 0 Å². The van der Waals surface area contributed by atoms with Crippen molar-refractivity contribution in [3.05, 3.63) is 34.4 Å². The summed E-state index contributed by atoms with van der Waals surface area (Å²) in [5.74, 6) is 0.858. The van der Waals surface area contributed by atoms with Crippen LogP contribution in [0.2, 0.25) is 0 Å². The molecule has 3 rings (SSSR count). The van der Waals surface area contributed by atoms with Crippen LogP contribution in [0.3, 0.4) is 0 Å². The normalized spacial score (nSPS) is 16.4. The average Bonchev–Trinajstić information content (AvgIpc) is 2.99. The number of hydrogen-bond acceptors (Lipinski definition) is 5. The summed E-state index contributed by atoms with van der Waals surface area (Å²) in [4.78, 5) is 11.8. The summed E-state index contributed by atoms with van der Waals surface area (Å²) in [7, 11) is 2.14. The highest BCUT2D eigenvalue weighted by atomic mass is 15.3. The molecule has 154 valence electrons. The second-order valence-corrected chi connectivity index (χ2v) is 8.18. The van der Waals surface area contributed by atoms with Gasteiger partial charge in [-0.05, 0) is 47.5 Å². The third kappa shape index (κ3) is 4.37. The van der Waals surface area contributed by atoms with Gasteiger partial charge in [-0.2, -0.15) is 5.10 Å². The standard InChI is InChI=1S/C22H36N6/c1-7-28-18(5)21(17(4)26-28)14-23-15(2)20-13-24-22(25-16(20)3)27(6)19-11-9-8-10-12-19/h13,15,19,23H,7-12,14H2,1-6H3/t15-/m1/s1. The number of aromatic nitrogens is 4. The summed E-state index contributed by atoms with van der Waals surface area (Å²) in [6.45, 7) is 12.4. The van der Waals surface area contributed by atoms with Gasteiger partial charge in [0, 0.05) is 60.9 Å². The first-order chi connectivity index (χ1) is 13.4. The van der Waals surface area contributed by atoms with Crippen molar-refractivity contribution in [3.63, 3.8) is 0 Å². The summed E-state index contributed by atoms with van der Waals surface area (Å²) in [5, 5.41) is 8.26. The molecule has 0 unspecified atom stereocenters. The molecule has 6 nitrogen and oxygen atoms in total. The Kier molecular flexibility index (Phi) is 6.70. The molecular weight excluding hydrogens is 348 g/mol. The molecule has 0 amide bonds.